The largest absolute Gasteiger partial charge is 0.348 e. The van der Waals surface area contributed by atoms with Gasteiger partial charge in [0.2, 0.25) is 0 Å². The van der Waals surface area contributed by atoms with Crippen molar-refractivity contribution in [2.75, 3.05) is 0 Å². The molecule has 1 aromatic carbocycles. The second kappa shape index (κ2) is 5.63. The molecule has 1 aromatic heterocycles. The number of nitrogens with one attached hydrogen (secondary N) is 1. The molecule has 19 heavy (non-hydrogen) atoms. The van der Waals surface area contributed by atoms with E-state index in [1.54, 1.807) is 29.1 Å². The van der Waals surface area contributed by atoms with Crippen molar-refractivity contribution in [1.29, 1.82) is 0 Å². The Balaban J connectivity index is 2.12. The molecule has 0 saturated heterocycles. The van der Waals surface area contributed by atoms with Gasteiger partial charge in [0.15, 0.2) is 0 Å². The molecule has 1 N–H and O–H groups in total. The van der Waals surface area contributed by atoms with Gasteiger partial charge in [0, 0.05) is 24.8 Å². The normalized spacial score (nSPS) is 10.5. The van der Waals surface area contributed by atoms with E-state index in [0.29, 0.717) is 22.2 Å². The third-order valence-electron chi connectivity index (χ3n) is 2.97. The molecule has 1 heterocycles. The van der Waals surface area contributed by atoms with Crippen molar-refractivity contribution in [2.24, 2.45) is 7.05 Å². The van der Waals surface area contributed by atoms with Gasteiger partial charge in [0.25, 0.3) is 5.91 Å². The van der Waals surface area contributed by atoms with E-state index in [2.05, 4.69) is 10.4 Å². The van der Waals surface area contributed by atoms with Crippen molar-refractivity contribution < 1.29 is 4.79 Å². The Bertz CT molecular complexity index is 602. The third kappa shape index (κ3) is 2.91. The van der Waals surface area contributed by atoms with Gasteiger partial charge in [-0.25, -0.2) is 0 Å². The number of aromatic nitrogens is 2. The highest BCUT2D eigenvalue weighted by atomic mass is 35.5. The first kappa shape index (κ1) is 13.9. The Morgan fingerprint density at radius 1 is 1.37 bits per heavy atom. The molecule has 6 heteroatoms. The number of carbonyl (C=O) groups excluding carboxylic acids is 1. The van der Waals surface area contributed by atoms with Crippen LogP contribution in [0.3, 0.4) is 0 Å². The SMILES string of the molecule is Cc1c(CNC(=O)c2c(Cl)cccc2Cl)cnn1C. The number of benzene rings is 1. The predicted molar refractivity (Wildman–Crippen MR) is 75.6 cm³/mol. The van der Waals surface area contributed by atoms with E-state index in [-0.39, 0.29) is 5.91 Å². The molecular formula is C13H13Cl2N3O. The van der Waals surface area contributed by atoms with Crippen LogP contribution >= 0.6 is 23.2 Å². The van der Waals surface area contributed by atoms with E-state index >= 15 is 0 Å². The van der Waals surface area contributed by atoms with Gasteiger partial charge in [-0.15, -0.1) is 0 Å². The third-order valence-corrected chi connectivity index (χ3v) is 3.60. The van der Waals surface area contributed by atoms with Gasteiger partial charge in [0.05, 0.1) is 21.8 Å². The van der Waals surface area contributed by atoms with Crippen LogP contribution in [0.15, 0.2) is 24.4 Å². The zero-order valence-electron chi connectivity index (χ0n) is 10.6. The van der Waals surface area contributed by atoms with E-state index in [0.717, 1.165) is 11.3 Å². The fourth-order valence-corrected chi connectivity index (χ4v) is 2.27. The van der Waals surface area contributed by atoms with Gasteiger partial charge >= 0.3 is 0 Å². The summed E-state index contributed by atoms with van der Waals surface area (Å²) in [6, 6.07) is 4.97. The molecular weight excluding hydrogens is 285 g/mol. The molecule has 0 aliphatic rings. The molecule has 0 unspecified atom stereocenters. The van der Waals surface area contributed by atoms with E-state index < -0.39 is 0 Å². The van der Waals surface area contributed by atoms with Gasteiger partial charge in [-0.05, 0) is 19.1 Å². The van der Waals surface area contributed by atoms with Crippen molar-refractivity contribution in [3.8, 4) is 0 Å². The summed E-state index contributed by atoms with van der Waals surface area (Å²) in [6.45, 7) is 2.33. The zero-order chi connectivity index (χ0) is 14.0. The minimum absolute atomic E-state index is 0.293. The summed E-state index contributed by atoms with van der Waals surface area (Å²) >= 11 is 12.0. The average Bonchev–Trinajstić information content (AvgIpc) is 2.67. The number of rotatable bonds is 3. The Hall–Kier alpha value is -1.52. The van der Waals surface area contributed by atoms with Crippen molar-refractivity contribution in [3.05, 3.63) is 51.3 Å². The van der Waals surface area contributed by atoms with Crippen LogP contribution in [0.4, 0.5) is 0 Å². The van der Waals surface area contributed by atoms with Crippen LogP contribution in [-0.4, -0.2) is 15.7 Å². The van der Waals surface area contributed by atoms with Gasteiger partial charge in [-0.3, -0.25) is 9.48 Å². The highest BCUT2D eigenvalue weighted by Gasteiger charge is 2.14. The van der Waals surface area contributed by atoms with Gasteiger partial charge in [-0.2, -0.15) is 5.10 Å². The van der Waals surface area contributed by atoms with Gasteiger partial charge in [-0.1, -0.05) is 29.3 Å². The molecule has 0 bridgehead atoms. The Morgan fingerprint density at radius 3 is 2.53 bits per heavy atom. The van der Waals surface area contributed by atoms with Crippen LogP contribution < -0.4 is 5.32 Å². The lowest BCUT2D eigenvalue weighted by atomic mass is 10.2. The number of halogens is 2. The molecule has 0 atom stereocenters. The molecule has 100 valence electrons. The van der Waals surface area contributed by atoms with E-state index in [4.69, 9.17) is 23.2 Å². The monoisotopic (exact) mass is 297 g/mol. The van der Waals surface area contributed by atoms with E-state index in [1.165, 1.54) is 0 Å². The predicted octanol–water partition coefficient (Wildman–Crippen LogP) is 2.97. The van der Waals surface area contributed by atoms with Crippen LogP contribution in [0.25, 0.3) is 0 Å². The van der Waals surface area contributed by atoms with Crippen molar-refractivity contribution in [3.63, 3.8) is 0 Å². The summed E-state index contributed by atoms with van der Waals surface area (Å²) in [5, 5.41) is 7.59. The molecule has 4 nitrogen and oxygen atoms in total. The molecule has 0 aliphatic heterocycles. The molecule has 0 fully saturated rings. The summed E-state index contributed by atoms with van der Waals surface area (Å²) < 4.78 is 1.75. The maximum Gasteiger partial charge on any atom is 0.254 e. The van der Waals surface area contributed by atoms with Crippen LogP contribution in [-0.2, 0) is 13.6 Å². The fourth-order valence-electron chi connectivity index (χ4n) is 1.70. The summed E-state index contributed by atoms with van der Waals surface area (Å²) in [7, 11) is 1.85. The van der Waals surface area contributed by atoms with Crippen LogP contribution in [0, 0.1) is 6.92 Å². The topological polar surface area (TPSA) is 46.9 Å². The second-order valence-electron chi connectivity index (χ2n) is 4.16. The number of amides is 1. The molecule has 0 spiro atoms. The number of aryl methyl sites for hydroxylation is 1. The first-order valence-corrected chi connectivity index (χ1v) is 6.46. The first-order chi connectivity index (χ1) is 9.00. The Kier molecular flexibility index (Phi) is 4.12. The van der Waals surface area contributed by atoms with E-state index in [1.807, 2.05) is 14.0 Å². The molecule has 2 aromatic rings. The number of hydrogen-bond donors (Lipinski definition) is 1. The molecule has 2 rings (SSSR count). The quantitative estimate of drug-likeness (QED) is 0.947. The number of nitrogens with zero attached hydrogens (tertiary/aromatic N) is 2. The maximum atomic E-state index is 12.1. The van der Waals surface area contributed by atoms with Crippen molar-refractivity contribution >= 4 is 29.1 Å². The van der Waals surface area contributed by atoms with Gasteiger partial charge < -0.3 is 5.32 Å². The highest BCUT2D eigenvalue weighted by molar-refractivity contribution is 6.39. The number of carbonyl (C=O) groups is 1. The molecule has 0 radical (unpaired) electrons. The van der Waals surface area contributed by atoms with Crippen LogP contribution in [0.1, 0.15) is 21.6 Å². The first-order valence-electron chi connectivity index (χ1n) is 5.70. The number of hydrogen-bond acceptors (Lipinski definition) is 2. The van der Waals surface area contributed by atoms with Gasteiger partial charge in [0.1, 0.15) is 0 Å². The van der Waals surface area contributed by atoms with Crippen molar-refractivity contribution in [1.82, 2.24) is 15.1 Å². The van der Waals surface area contributed by atoms with Crippen LogP contribution in [0.5, 0.6) is 0 Å². The molecule has 0 aliphatic carbocycles. The average molecular weight is 298 g/mol. The zero-order valence-corrected chi connectivity index (χ0v) is 12.1. The summed E-state index contributed by atoms with van der Waals surface area (Å²) in [4.78, 5) is 12.1. The highest BCUT2D eigenvalue weighted by Crippen LogP contribution is 2.24. The smallest absolute Gasteiger partial charge is 0.254 e. The lowest BCUT2D eigenvalue weighted by Gasteiger charge is -2.08. The fraction of sp³-hybridized carbons (Fsp3) is 0.231. The summed E-state index contributed by atoms with van der Waals surface area (Å²) in [5.74, 6) is -0.293. The standard InChI is InChI=1S/C13H13Cl2N3O/c1-8-9(7-17-18(8)2)6-16-13(19)12-10(14)4-3-5-11(12)15/h3-5,7H,6H2,1-2H3,(H,16,19). The van der Waals surface area contributed by atoms with Crippen LogP contribution in [0.2, 0.25) is 10.0 Å². The summed E-state index contributed by atoms with van der Waals surface area (Å²) in [6.07, 6.45) is 1.73. The van der Waals surface area contributed by atoms with Crippen molar-refractivity contribution in [2.45, 2.75) is 13.5 Å². The summed E-state index contributed by atoms with van der Waals surface area (Å²) in [5.41, 5.74) is 2.26. The second-order valence-corrected chi connectivity index (χ2v) is 4.97. The molecule has 0 saturated carbocycles. The minimum atomic E-state index is -0.293. The minimum Gasteiger partial charge on any atom is -0.348 e. The Labute approximate surface area is 121 Å². The van der Waals surface area contributed by atoms with E-state index in [9.17, 15) is 4.79 Å². The lowest BCUT2D eigenvalue weighted by molar-refractivity contribution is 0.0951. The Morgan fingerprint density at radius 2 is 2.00 bits per heavy atom. The maximum absolute atomic E-state index is 12.1. The molecule has 1 amide bonds. The lowest BCUT2D eigenvalue weighted by Crippen LogP contribution is -2.23.